The fourth-order valence-corrected chi connectivity index (χ4v) is 6.36. The Morgan fingerprint density at radius 3 is 2.48 bits per heavy atom. The van der Waals surface area contributed by atoms with E-state index in [0.717, 1.165) is 52.7 Å². The van der Waals surface area contributed by atoms with Crippen molar-refractivity contribution in [1.29, 1.82) is 0 Å². The third-order valence-corrected chi connectivity index (χ3v) is 9.20. The van der Waals surface area contributed by atoms with Crippen molar-refractivity contribution in [2.45, 2.75) is 39.5 Å². The molecule has 0 saturated heterocycles. The molecule has 0 radical (unpaired) electrons. The molecule has 3 amide bonds. The normalized spacial score (nSPS) is 11.5. The molecule has 5 rings (SSSR count). The van der Waals surface area contributed by atoms with Crippen molar-refractivity contribution >= 4 is 62.9 Å². The summed E-state index contributed by atoms with van der Waals surface area (Å²) in [5.74, 6) is -0.218. The quantitative estimate of drug-likeness (QED) is 0.103. The number of nitrogens with zero attached hydrogens (tertiary/aromatic N) is 4. The summed E-state index contributed by atoms with van der Waals surface area (Å²) < 4.78 is 1.66. The minimum atomic E-state index is -0.352. The number of nitrogens with one attached hydrogen (secondary N) is 3. The lowest BCUT2D eigenvalue weighted by molar-refractivity contribution is -0.120. The molecule has 0 aliphatic rings. The lowest BCUT2D eigenvalue weighted by atomic mass is 10.1. The van der Waals surface area contributed by atoms with Gasteiger partial charge in [-0.05, 0) is 87.3 Å². The number of benzene rings is 2. The van der Waals surface area contributed by atoms with Crippen LogP contribution < -0.4 is 16.0 Å². The van der Waals surface area contributed by atoms with E-state index in [9.17, 15) is 14.4 Å². The van der Waals surface area contributed by atoms with E-state index < -0.39 is 0 Å². The summed E-state index contributed by atoms with van der Waals surface area (Å²) in [5.41, 5.74) is 4.95. The van der Waals surface area contributed by atoms with Crippen molar-refractivity contribution < 1.29 is 14.4 Å². The van der Waals surface area contributed by atoms with Crippen LogP contribution in [0.15, 0.2) is 73.1 Å². The number of thiazole rings is 1. The third kappa shape index (κ3) is 10.2. The number of amides is 3. The molecular weight excluding hydrogens is 647 g/mol. The van der Waals surface area contributed by atoms with Crippen LogP contribution in [0.4, 0.5) is 10.8 Å². The molecule has 50 heavy (non-hydrogen) atoms. The second kappa shape index (κ2) is 17.0. The second-order valence-corrected chi connectivity index (χ2v) is 14.1. The summed E-state index contributed by atoms with van der Waals surface area (Å²) in [6.45, 7) is 5.82. The van der Waals surface area contributed by atoms with Crippen LogP contribution in [0.1, 0.15) is 69.2 Å². The van der Waals surface area contributed by atoms with E-state index in [1.54, 1.807) is 36.0 Å². The predicted molar refractivity (Wildman–Crippen MR) is 204 cm³/mol. The van der Waals surface area contributed by atoms with E-state index in [1.165, 1.54) is 11.3 Å². The molecule has 2 aromatic carbocycles. The topological polar surface area (TPSA) is 121 Å². The number of hydrogen-bond acceptors (Lipinski definition) is 7. The number of carbonyl (C=O) groups is 3. The number of para-hydroxylation sites is 1. The average molecular weight is 692 g/mol. The first-order valence-corrected chi connectivity index (χ1v) is 17.7. The lowest BCUT2D eigenvalue weighted by Crippen LogP contribution is -2.28. The van der Waals surface area contributed by atoms with Gasteiger partial charge < -0.3 is 20.1 Å². The van der Waals surface area contributed by atoms with Crippen LogP contribution in [0.2, 0.25) is 0 Å². The smallest absolute Gasteiger partial charge is 0.274 e. The van der Waals surface area contributed by atoms with Crippen LogP contribution in [-0.4, -0.2) is 64.3 Å². The molecule has 0 spiro atoms. The summed E-state index contributed by atoms with van der Waals surface area (Å²) >= 11 is 1.41. The zero-order valence-electron chi connectivity index (χ0n) is 29.3. The molecule has 0 aliphatic heterocycles. The minimum absolute atomic E-state index is 0.0785. The molecule has 0 aliphatic carbocycles. The number of anilines is 2. The van der Waals surface area contributed by atoms with Crippen LogP contribution in [-0.2, 0) is 24.7 Å². The first-order chi connectivity index (χ1) is 24.0. The summed E-state index contributed by atoms with van der Waals surface area (Å²) in [6, 6.07) is 19.0. The highest BCUT2D eigenvalue weighted by Gasteiger charge is 2.19. The van der Waals surface area contributed by atoms with Gasteiger partial charge in [-0.3, -0.25) is 24.7 Å². The number of fused-ring (bicyclic) bond motifs is 1. The predicted octanol–water partition coefficient (Wildman–Crippen LogP) is 6.90. The Morgan fingerprint density at radius 2 is 1.72 bits per heavy atom. The monoisotopic (exact) mass is 691 g/mol. The second-order valence-electron chi connectivity index (χ2n) is 13.1. The maximum absolute atomic E-state index is 13.3. The third-order valence-electron chi connectivity index (χ3n) is 8.13. The zero-order chi connectivity index (χ0) is 35.6. The first kappa shape index (κ1) is 36.2. The maximum atomic E-state index is 13.3. The van der Waals surface area contributed by atoms with Gasteiger partial charge in [-0.25, -0.2) is 4.98 Å². The Hall–Kier alpha value is -5.13. The fraction of sp³-hybridized carbons (Fsp3) is 0.308. The molecule has 0 saturated carbocycles. The van der Waals surface area contributed by atoms with Gasteiger partial charge in [0.15, 0.2) is 5.13 Å². The molecule has 0 fully saturated rings. The number of carbonyl (C=O) groups excluding carboxylic acids is 3. The maximum Gasteiger partial charge on any atom is 0.274 e. The minimum Gasteiger partial charge on any atom is -0.356 e. The molecule has 0 atom stereocenters. The number of aryl methyl sites for hydroxylation is 2. The zero-order valence-corrected chi connectivity index (χ0v) is 30.1. The molecule has 5 aromatic rings. The number of pyridine rings is 1. The lowest BCUT2D eigenvalue weighted by Gasteiger charge is -2.10. The molecule has 11 heteroatoms. The largest absolute Gasteiger partial charge is 0.356 e. The number of aromatic nitrogens is 3. The highest BCUT2D eigenvalue weighted by Crippen LogP contribution is 2.27. The van der Waals surface area contributed by atoms with Crippen LogP contribution in [0.25, 0.3) is 23.1 Å². The van der Waals surface area contributed by atoms with Crippen molar-refractivity contribution in [3.05, 3.63) is 106 Å². The van der Waals surface area contributed by atoms with E-state index in [0.29, 0.717) is 40.2 Å². The molecule has 3 N–H and O–H groups in total. The Labute approximate surface area is 297 Å². The van der Waals surface area contributed by atoms with Crippen molar-refractivity contribution in [2.24, 2.45) is 13.0 Å². The fourth-order valence-electron chi connectivity index (χ4n) is 5.37. The highest BCUT2D eigenvalue weighted by molar-refractivity contribution is 7.15. The molecule has 0 unspecified atom stereocenters. The van der Waals surface area contributed by atoms with Gasteiger partial charge in [0.25, 0.3) is 11.8 Å². The van der Waals surface area contributed by atoms with Gasteiger partial charge in [-0.15, -0.1) is 11.3 Å². The Morgan fingerprint density at radius 1 is 0.960 bits per heavy atom. The molecule has 3 heterocycles. The van der Waals surface area contributed by atoms with E-state index in [-0.39, 0.29) is 24.1 Å². The van der Waals surface area contributed by atoms with Crippen LogP contribution >= 0.6 is 11.3 Å². The first-order valence-electron chi connectivity index (χ1n) is 16.9. The highest BCUT2D eigenvalue weighted by atomic mass is 32.1. The molecule has 0 bridgehead atoms. The molecule has 3 aromatic heterocycles. The van der Waals surface area contributed by atoms with Gasteiger partial charge in [0, 0.05) is 41.8 Å². The van der Waals surface area contributed by atoms with E-state index in [4.69, 9.17) is 0 Å². The Bertz CT molecular complexity index is 1980. The number of rotatable bonds is 15. The summed E-state index contributed by atoms with van der Waals surface area (Å²) in [5, 5.41) is 10.3. The van der Waals surface area contributed by atoms with Gasteiger partial charge >= 0.3 is 0 Å². The standard InChI is InChI=1S/C39H45N7O3S/c1-26(2)11-18-35-33(23-36(47)40-19-8-20-45(3)4)43-39(50-35)44-38(49)34-22-31(25-46(34)5)42-37(48)29-16-14-27(15-17-29)12-13-28-21-30-9-6-7-10-32(30)41-24-28/h6-7,9-10,12-17,21-22,24-26H,8,11,18-20,23H2,1-5H3,(H,40,47)(H,42,48)(H,43,44,49)/b13-12+. The van der Waals surface area contributed by atoms with Gasteiger partial charge in [-0.2, -0.15) is 0 Å². The van der Waals surface area contributed by atoms with Gasteiger partial charge in [0.2, 0.25) is 5.91 Å². The van der Waals surface area contributed by atoms with Crippen molar-refractivity contribution in [3.8, 4) is 0 Å². The van der Waals surface area contributed by atoms with Crippen molar-refractivity contribution in [3.63, 3.8) is 0 Å². The van der Waals surface area contributed by atoms with Gasteiger partial charge in [0.05, 0.1) is 23.3 Å². The molecule has 260 valence electrons. The summed E-state index contributed by atoms with van der Waals surface area (Å²) in [7, 11) is 5.76. The van der Waals surface area contributed by atoms with E-state index in [1.807, 2.05) is 68.8 Å². The molecular formula is C39H45N7O3S. The summed E-state index contributed by atoms with van der Waals surface area (Å²) in [6.07, 6.45) is 10.3. The van der Waals surface area contributed by atoms with Crippen LogP contribution in [0, 0.1) is 5.92 Å². The molecule has 10 nitrogen and oxygen atoms in total. The summed E-state index contributed by atoms with van der Waals surface area (Å²) in [4.78, 5) is 51.3. The van der Waals surface area contributed by atoms with Gasteiger partial charge in [0.1, 0.15) is 5.69 Å². The average Bonchev–Trinajstić information content (AvgIpc) is 3.65. The van der Waals surface area contributed by atoms with E-state index in [2.05, 4.69) is 50.7 Å². The van der Waals surface area contributed by atoms with Crippen LogP contribution in [0.5, 0.6) is 0 Å². The Balaban J connectivity index is 1.19. The van der Waals surface area contributed by atoms with Crippen LogP contribution in [0.3, 0.4) is 0 Å². The van der Waals surface area contributed by atoms with Crippen molar-refractivity contribution in [1.82, 2.24) is 24.8 Å². The SMILES string of the molecule is CC(C)CCc1sc(NC(=O)c2cc(NC(=O)c3ccc(/C=C/c4cnc5ccccc5c4)cc3)cn2C)nc1CC(=O)NCCCN(C)C. The van der Waals surface area contributed by atoms with E-state index >= 15 is 0 Å². The van der Waals surface area contributed by atoms with Gasteiger partial charge in [-0.1, -0.05) is 56.3 Å². The number of hydrogen-bond donors (Lipinski definition) is 3. The van der Waals surface area contributed by atoms with Crippen molar-refractivity contribution in [2.75, 3.05) is 37.8 Å². The Kier molecular flexibility index (Phi) is 12.3.